The van der Waals surface area contributed by atoms with Crippen LogP contribution in [0.2, 0.25) is 0 Å². The molecule has 6 nitrogen and oxygen atoms in total. The first-order chi connectivity index (χ1) is 14.8. The summed E-state index contributed by atoms with van der Waals surface area (Å²) in [5.74, 6) is 1.42. The molecule has 1 aliphatic heterocycles. The zero-order chi connectivity index (χ0) is 20.6. The minimum atomic E-state index is 0.465. The molecule has 1 saturated heterocycles. The topological polar surface area (TPSA) is 54.6 Å². The second kappa shape index (κ2) is 10.8. The Kier molecular flexibility index (Phi) is 7.64. The summed E-state index contributed by atoms with van der Waals surface area (Å²) in [5, 5.41) is 6.16. The predicted molar refractivity (Wildman–Crippen MR) is 120 cm³/mol. The monoisotopic (exact) mass is 426 g/mol. The number of aryl methyl sites for hydroxylation is 1. The molecule has 30 heavy (non-hydrogen) atoms. The van der Waals surface area contributed by atoms with Crippen molar-refractivity contribution in [3.63, 3.8) is 0 Å². The Bertz CT molecular complexity index is 862. The van der Waals surface area contributed by atoms with Gasteiger partial charge in [0, 0.05) is 38.6 Å². The molecule has 0 bridgehead atoms. The Morgan fingerprint density at radius 2 is 1.97 bits per heavy atom. The second-order valence-corrected chi connectivity index (χ2v) is 8.76. The van der Waals surface area contributed by atoms with Crippen molar-refractivity contribution >= 4 is 11.3 Å². The van der Waals surface area contributed by atoms with Crippen LogP contribution in [0.4, 0.5) is 0 Å². The first kappa shape index (κ1) is 21.2. The van der Waals surface area contributed by atoms with Gasteiger partial charge in [0.25, 0.3) is 0 Å². The molecule has 0 N–H and O–H groups in total. The molecular weight excluding hydrogens is 396 g/mol. The van der Waals surface area contributed by atoms with Gasteiger partial charge in [-0.2, -0.15) is 4.98 Å². The molecule has 0 amide bonds. The van der Waals surface area contributed by atoms with Crippen molar-refractivity contribution in [1.82, 2.24) is 19.9 Å². The van der Waals surface area contributed by atoms with Gasteiger partial charge in [-0.3, -0.25) is 9.80 Å². The lowest BCUT2D eigenvalue weighted by molar-refractivity contribution is 0.0234. The molecule has 1 unspecified atom stereocenters. The van der Waals surface area contributed by atoms with E-state index in [2.05, 4.69) is 57.2 Å². The van der Waals surface area contributed by atoms with Crippen LogP contribution in [0.5, 0.6) is 0 Å². The Morgan fingerprint density at radius 1 is 1.13 bits per heavy atom. The van der Waals surface area contributed by atoms with E-state index in [1.165, 1.54) is 5.56 Å². The minimum Gasteiger partial charge on any atom is -0.379 e. The lowest BCUT2D eigenvalue weighted by Gasteiger charge is -2.35. The number of thiophene rings is 1. The van der Waals surface area contributed by atoms with E-state index < -0.39 is 0 Å². The predicted octanol–water partition coefficient (Wildman–Crippen LogP) is 3.95. The molecule has 0 spiro atoms. The van der Waals surface area contributed by atoms with Crippen LogP contribution in [0.1, 0.15) is 24.8 Å². The van der Waals surface area contributed by atoms with Gasteiger partial charge in [-0.05, 0) is 36.9 Å². The zero-order valence-electron chi connectivity index (χ0n) is 17.6. The molecule has 0 radical (unpaired) electrons. The van der Waals surface area contributed by atoms with E-state index in [0.29, 0.717) is 11.9 Å². The summed E-state index contributed by atoms with van der Waals surface area (Å²) in [4.78, 5) is 10.7. The fourth-order valence-corrected chi connectivity index (χ4v) is 4.49. The van der Waals surface area contributed by atoms with E-state index in [9.17, 15) is 0 Å². The summed E-state index contributed by atoms with van der Waals surface area (Å²) in [6, 6.07) is 15.2. The van der Waals surface area contributed by atoms with E-state index in [1.807, 2.05) is 17.5 Å². The average molecular weight is 427 g/mol. The number of benzene rings is 1. The molecule has 2 aromatic heterocycles. The fourth-order valence-electron chi connectivity index (χ4n) is 3.84. The highest BCUT2D eigenvalue weighted by molar-refractivity contribution is 7.13. The van der Waals surface area contributed by atoms with Gasteiger partial charge in [-0.1, -0.05) is 41.6 Å². The lowest BCUT2D eigenvalue weighted by atomic mass is 10.1. The number of ether oxygens (including phenoxy) is 1. The number of nitrogens with zero attached hydrogens (tertiary/aromatic N) is 4. The highest BCUT2D eigenvalue weighted by atomic mass is 32.1. The molecule has 1 aromatic carbocycles. The first-order valence-corrected chi connectivity index (χ1v) is 11.6. The molecule has 1 aliphatic rings. The van der Waals surface area contributed by atoms with Crippen LogP contribution < -0.4 is 0 Å². The Balaban J connectivity index is 1.34. The van der Waals surface area contributed by atoms with Crippen molar-refractivity contribution in [2.24, 2.45) is 0 Å². The summed E-state index contributed by atoms with van der Waals surface area (Å²) >= 11 is 1.63. The van der Waals surface area contributed by atoms with E-state index in [-0.39, 0.29) is 0 Å². The van der Waals surface area contributed by atoms with Crippen molar-refractivity contribution in [2.45, 2.75) is 32.4 Å². The molecule has 1 atom stereocenters. The average Bonchev–Trinajstić information content (AvgIpc) is 3.46. The van der Waals surface area contributed by atoms with Gasteiger partial charge in [0.05, 0.1) is 18.1 Å². The van der Waals surface area contributed by atoms with Crippen molar-refractivity contribution in [3.8, 4) is 10.7 Å². The third-order valence-electron chi connectivity index (χ3n) is 5.52. The van der Waals surface area contributed by atoms with Gasteiger partial charge < -0.3 is 9.26 Å². The molecular formula is C23H30N4O2S. The van der Waals surface area contributed by atoms with Crippen LogP contribution in [0.15, 0.2) is 52.4 Å². The molecule has 160 valence electrons. The third-order valence-corrected chi connectivity index (χ3v) is 6.39. The van der Waals surface area contributed by atoms with Crippen molar-refractivity contribution in [1.29, 1.82) is 0 Å². The van der Waals surface area contributed by atoms with Gasteiger partial charge in [-0.15, -0.1) is 11.3 Å². The number of aromatic nitrogens is 2. The summed E-state index contributed by atoms with van der Waals surface area (Å²) in [6.45, 7) is 9.09. The van der Waals surface area contributed by atoms with Gasteiger partial charge in [0.2, 0.25) is 11.7 Å². The number of rotatable bonds is 10. The molecule has 0 saturated carbocycles. The van der Waals surface area contributed by atoms with Crippen molar-refractivity contribution in [3.05, 3.63) is 59.3 Å². The summed E-state index contributed by atoms with van der Waals surface area (Å²) in [7, 11) is 0. The molecule has 4 rings (SSSR count). The summed E-state index contributed by atoms with van der Waals surface area (Å²) in [6.07, 6.45) is 1.79. The van der Waals surface area contributed by atoms with E-state index >= 15 is 0 Å². The molecule has 1 fully saturated rings. The normalized spacial score (nSPS) is 16.2. The summed E-state index contributed by atoms with van der Waals surface area (Å²) in [5.41, 5.74) is 1.35. The quantitative estimate of drug-likeness (QED) is 0.489. The Hall–Kier alpha value is -2.06. The zero-order valence-corrected chi connectivity index (χ0v) is 18.4. The number of hydrogen-bond acceptors (Lipinski definition) is 7. The first-order valence-electron chi connectivity index (χ1n) is 10.7. The summed E-state index contributed by atoms with van der Waals surface area (Å²) < 4.78 is 11.0. The van der Waals surface area contributed by atoms with Crippen LogP contribution in [0.25, 0.3) is 10.7 Å². The molecule has 7 heteroatoms. The van der Waals surface area contributed by atoms with Crippen LogP contribution in [-0.2, 0) is 17.7 Å². The van der Waals surface area contributed by atoms with Crippen molar-refractivity contribution < 1.29 is 9.26 Å². The van der Waals surface area contributed by atoms with Gasteiger partial charge in [-0.25, -0.2) is 0 Å². The van der Waals surface area contributed by atoms with Gasteiger partial charge in [0.15, 0.2) is 0 Å². The van der Waals surface area contributed by atoms with E-state index in [1.54, 1.807) is 11.3 Å². The van der Waals surface area contributed by atoms with Crippen LogP contribution in [0, 0.1) is 0 Å². The maximum Gasteiger partial charge on any atom is 0.227 e. The minimum absolute atomic E-state index is 0.465. The largest absolute Gasteiger partial charge is 0.379 e. The maximum atomic E-state index is 5.50. The van der Waals surface area contributed by atoms with Crippen LogP contribution >= 0.6 is 11.3 Å². The molecule has 0 aliphatic carbocycles. The highest BCUT2D eigenvalue weighted by Crippen LogP contribution is 2.21. The van der Waals surface area contributed by atoms with E-state index in [4.69, 9.17) is 9.26 Å². The van der Waals surface area contributed by atoms with E-state index in [0.717, 1.165) is 69.5 Å². The van der Waals surface area contributed by atoms with Gasteiger partial charge >= 0.3 is 0 Å². The SMILES string of the molecule is CC(CN1CCOCC1)N(CCCc1nc(-c2cccs2)no1)Cc1ccccc1. The smallest absolute Gasteiger partial charge is 0.227 e. The number of hydrogen-bond donors (Lipinski definition) is 0. The standard InChI is InChI=1S/C23H30N4O2S/c1-19(17-26-12-14-28-15-13-26)27(18-20-7-3-2-4-8-20)11-5-10-22-24-23(25-29-22)21-9-6-16-30-21/h2-4,6-9,16,19H,5,10-15,17-18H2,1H3. The lowest BCUT2D eigenvalue weighted by Crippen LogP contribution is -2.46. The molecule has 3 heterocycles. The van der Waals surface area contributed by atoms with Crippen LogP contribution in [0.3, 0.4) is 0 Å². The Morgan fingerprint density at radius 3 is 2.73 bits per heavy atom. The third kappa shape index (κ3) is 5.98. The maximum absolute atomic E-state index is 5.50. The van der Waals surface area contributed by atoms with Crippen LogP contribution in [-0.4, -0.2) is 65.4 Å². The van der Waals surface area contributed by atoms with Crippen molar-refractivity contribution in [2.75, 3.05) is 39.4 Å². The molecule has 3 aromatic rings. The fraction of sp³-hybridized carbons (Fsp3) is 0.478. The highest BCUT2D eigenvalue weighted by Gasteiger charge is 2.20. The second-order valence-electron chi connectivity index (χ2n) is 7.81. The van der Waals surface area contributed by atoms with Gasteiger partial charge in [0.1, 0.15) is 0 Å². The number of morpholine rings is 1. The Labute approximate surface area is 182 Å².